The predicted molar refractivity (Wildman–Crippen MR) is 134 cm³/mol. The molecule has 0 saturated carbocycles. The van der Waals surface area contributed by atoms with Crippen LogP contribution in [0.5, 0.6) is 0 Å². The number of aromatic nitrogens is 2. The second-order valence-electron chi connectivity index (χ2n) is 8.79. The van der Waals surface area contributed by atoms with Crippen LogP contribution in [0.3, 0.4) is 0 Å². The molecule has 1 atom stereocenters. The number of alkyl halides is 3. The van der Waals surface area contributed by atoms with Gasteiger partial charge >= 0.3 is 6.18 Å². The van der Waals surface area contributed by atoms with Gasteiger partial charge in [-0.15, -0.1) is 22.7 Å². The quantitative estimate of drug-likeness (QED) is 0.376. The molecule has 0 radical (unpaired) electrons. The van der Waals surface area contributed by atoms with Crippen molar-refractivity contribution in [3.05, 3.63) is 45.3 Å². The van der Waals surface area contributed by atoms with Crippen LogP contribution in [0.4, 0.5) is 18.2 Å². The molecule has 2 amide bonds. The highest BCUT2D eigenvalue weighted by Crippen LogP contribution is 2.39. The largest absolute Gasteiger partial charge is 0.433 e. The molecular formula is C23H23F3N4O4S3. The molecule has 14 heteroatoms. The van der Waals surface area contributed by atoms with Gasteiger partial charge in [0.05, 0.1) is 21.9 Å². The molecule has 3 aromatic heterocycles. The maximum Gasteiger partial charge on any atom is 0.433 e. The van der Waals surface area contributed by atoms with Crippen molar-refractivity contribution in [1.82, 2.24) is 9.97 Å². The third-order valence-corrected chi connectivity index (χ3v) is 9.50. The summed E-state index contributed by atoms with van der Waals surface area (Å²) in [5, 5.41) is 3.67. The molecule has 198 valence electrons. The summed E-state index contributed by atoms with van der Waals surface area (Å²) in [7, 11) is -4.32. The molecule has 0 saturated heterocycles. The number of primary amides is 1. The van der Waals surface area contributed by atoms with Crippen LogP contribution < -0.4 is 11.1 Å². The average Bonchev–Trinajstić information content (AvgIpc) is 3.45. The smallest absolute Gasteiger partial charge is 0.365 e. The van der Waals surface area contributed by atoms with Gasteiger partial charge in [0.1, 0.15) is 10.7 Å². The normalized spacial score (nSPS) is 15.8. The van der Waals surface area contributed by atoms with Gasteiger partial charge in [-0.05, 0) is 54.7 Å². The lowest BCUT2D eigenvalue weighted by Crippen LogP contribution is -2.20. The zero-order chi connectivity index (χ0) is 27.0. The molecule has 1 aliphatic carbocycles. The highest BCUT2D eigenvalue weighted by atomic mass is 32.2. The molecule has 0 fully saturated rings. The van der Waals surface area contributed by atoms with Crippen molar-refractivity contribution in [3.63, 3.8) is 0 Å². The number of halogens is 3. The molecule has 3 heterocycles. The summed E-state index contributed by atoms with van der Waals surface area (Å²) in [4.78, 5) is 33.1. The zero-order valence-electron chi connectivity index (χ0n) is 19.6. The molecule has 4 rings (SSSR count). The third-order valence-electron chi connectivity index (χ3n) is 5.88. The summed E-state index contributed by atoms with van der Waals surface area (Å²) in [5.41, 5.74) is 5.16. The number of nitrogens with two attached hydrogens (primary N) is 1. The Labute approximate surface area is 219 Å². The molecule has 0 unspecified atom stereocenters. The number of rotatable bonds is 8. The Morgan fingerprint density at radius 3 is 2.68 bits per heavy atom. The first-order valence-electron chi connectivity index (χ1n) is 11.3. The molecule has 0 bridgehead atoms. The minimum atomic E-state index is -4.87. The molecule has 0 aromatic carbocycles. The van der Waals surface area contributed by atoms with Gasteiger partial charge in [-0.2, -0.15) is 13.2 Å². The second kappa shape index (κ2) is 10.5. The topological polar surface area (TPSA) is 132 Å². The fraction of sp³-hybridized carbons (Fsp3) is 0.391. The van der Waals surface area contributed by atoms with Crippen LogP contribution in [0.25, 0.3) is 10.6 Å². The Balaban J connectivity index is 1.47. The molecule has 8 nitrogen and oxygen atoms in total. The number of nitrogens with zero attached hydrogens (tertiary/aromatic N) is 2. The van der Waals surface area contributed by atoms with Crippen LogP contribution in [-0.4, -0.2) is 36.0 Å². The molecule has 37 heavy (non-hydrogen) atoms. The van der Waals surface area contributed by atoms with E-state index in [4.69, 9.17) is 5.73 Å². The van der Waals surface area contributed by atoms with Crippen molar-refractivity contribution in [1.29, 1.82) is 0 Å². The van der Waals surface area contributed by atoms with Gasteiger partial charge in [-0.1, -0.05) is 13.0 Å². The number of amides is 2. The van der Waals surface area contributed by atoms with Gasteiger partial charge in [-0.25, -0.2) is 18.4 Å². The summed E-state index contributed by atoms with van der Waals surface area (Å²) < 4.78 is 65.7. The van der Waals surface area contributed by atoms with E-state index in [-0.39, 0.29) is 24.1 Å². The van der Waals surface area contributed by atoms with Gasteiger partial charge in [0.25, 0.3) is 5.91 Å². The van der Waals surface area contributed by atoms with Crippen LogP contribution in [0.1, 0.15) is 52.7 Å². The molecule has 1 aliphatic rings. The third kappa shape index (κ3) is 6.18. The number of sulfone groups is 1. The Morgan fingerprint density at radius 1 is 1.27 bits per heavy atom. The van der Waals surface area contributed by atoms with Gasteiger partial charge in [0.15, 0.2) is 0 Å². The van der Waals surface area contributed by atoms with Crippen LogP contribution in [0.2, 0.25) is 0 Å². The Bertz CT molecular complexity index is 1430. The van der Waals surface area contributed by atoms with Crippen molar-refractivity contribution < 1.29 is 31.2 Å². The Kier molecular flexibility index (Phi) is 7.72. The molecule has 3 aromatic rings. The van der Waals surface area contributed by atoms with E-state index in [9.17, 15) is 31.2 Å². The number of nitrogens with one attached hydrogen (secondary N) is 1. The number of thiophene rings is 2. The molecule has 0 spiro atoms. The first-order chi connectivity index (χ1) is 17.3. The van der Waals surface area contributed by atoms with Crippen LogP contribution in [0.15, 0.2) is 28.7 Å². The summed E-state index contributed by atoms with van der Waals surface area (Å²) in [6, 6.07) is 3.84. The van der Waals surface area contributed by atoms with E-state index in [1.807, 2.05) is 0 Å². The van der Waals surface area contributed by atoms with Crippen molar-refractivity contribution in [3.8, 4) is 10.6 Å². The van der Waals surface area contributed by atoms with Crippen molar-refractivity contribution in [2.75, 3.05) is 11.1 Å². The highest BCUT2D eigenvalue weighted by molar-refractivity contribution is 7.91. The van der Waals surface area contributed by atoms with Gasteiger partial charge in [0, 0.05) is 11.3 Å². The number of carbonyl (C=O) groups excluding carboxylic acids is 2. The van der Waals surface area contributed by atoms with Crippen molar-refractivity contribution in [2.45, 2.75) is 50.4 Å². The van der Waals surface area contributed by atoms with E-state index in [0.717, 1.165) is 34.6 Å². The van der Waals surface area contributed by atoms with Crippen molar-refractivity contribution in [2.24, 2.45) is 11.7 Å². The monoisotopic (exact) mass is 572 g/mol. The Morgan fingerprint density at radius 2 is 2.03 bits per heavy atom. The van der Waals surface area contributed by atoms with E-state index in [1.54, 1.807) is 11.4 Å². The van der Waals surface area contributed by atoms with Gasteiger partial charge in [0.2, 0.25) is 20.9 Å². The van der Waals surface area contributed by atoms with Crippen LogP contribution in [-0.2, 0) is 33.6 Å². The van der Waals surface area contributed by atoms with Gasteiger partial charge < -0.3 is 11.1 Å². The van der Waals surface area contributed by atoms with Crippen LogP contribution >= 0.6 is 22.7 Å². The number of hydrogen-bond acceptors (Lipinski definition) is 8. The van der Waals surface area contributed by atoms with E-state index >= 15 is 0 Å². The lowest BCUT2D eigenvalue weighted by molar-refractivity contribution is -0.141. The number of anilines is 1. The maximum absolute atomic E-state index is 13.4. The fourth-order valence-electron chi connectivity index (χ4n) is 4.06. The maximum atomic E-state index is 13.4. The van der Waals surface area contributed by atoms with E-state index in [2.05, 4.69) is 22.2 Å². The lowest BCUT2D eigenvalue weighted by atomic mass is 9.88. The number of hydrogen-bond donors (Lipinski definition) is 2. The SMILES string of the molecule is C[C@H]1CCc2c(sc(NC(=O)CCCS(=O)(=O)c3nc(-c4cccs4)cc(C(F)(F)F)n3)c2C(N)=O)C1. The summed E-state index contributed by atoms with van der Waals surface area (Å²) >= 11 is 2.40. The second-order valence-corrected chi connectivity index (χ2v) is 12.8. The fourth-order valence-corrected chi connectivity index (χ4v) is 7.36. The standard InChI is InChI=1S/C23H23F3N4O4S3/c1-12-6-7-13-16(10-12)36-21(19(13)20(27)32)30-18(31)5-3-9-37(33,34)22-28-14(15-4-2-8-35-15)11-17(29-22)23(24,25)26/h2,4,8,11-12H,3,5-7,9-10H2,1H3,(H2,27,32)(H,30,31)/t12-/m0/s1. The van der Waals surface area contributed by atoms with Crippen molar-refractivity contribution >= 4 is 49.3 Å². The first-order valence-corrected chi connectivity index (χ1v) is 14.7. The highest BCUT2D eigenvalue weighted by Gasteiger charge is 2.35. The summed E-state index contributed by atoms with van der Waals surface area (Å²) in [6.45, 7) is 2.10. The van der Waals surface area contributed by atoms with Crippen LogP contribution in [0, 0.1) is 5.92 Å². The Hall–Kier alpha value is -2.84. The van der Waals surface area contributed by atoms with Gasteiger partial charge in [-0.3, -0.25) is 9.59 Å². The minimum Gasteiger partial charge on any atom is -0.365 e. The number of carbonyl (C=O) groups is 2. The molecule has 0 aliphatic heterocycles. The predicted octanol–water partition coefficient (Wildman–Crippen LogP) is 4.70. The lowest BCUT2D eigenvalue weighted by Gasteiger charge is -2.18. The number of fused-ring (bicyclic) bond motifs is 1. The first kappa shape index (κ1) is 27.2. The summed E-state index contributed by atoms with van der Waals surface area (Å²) in [6.07, 6.45) is -2.93. The molecule has 3 N–H and O–H groups in total. The molecular weight excluding hydrogens is 549 g/mol. The zero-order valence-corrected chi connectivity index (χ0v) is 22.0. The van der Waals surface area contributed by atoms with E-state index in [0.29, 0.717) is 28.3 Å². The summed E-state index contributed by atoms with van der Waals surface area (Å²) in [5.74, 6) is -1.37. The minimum absolute atomic E-state index is 0.149. The van der Waals surface area contributed by atoms with E-state index < -0.39 is 44.4 Å². The van der Waals surface area contributed by atoms with E-state index in [1.165, 1.54) is 17.4 Å². The average molecular weight is 573 g/mol.